The van der Waals surface area contributed by atoms with Crippen molar-refractivity contribution in [2.75, 3.05) is 13.7 Å². The minimum Gasteiger partial charge on any atom is -0.463 e. The van der Waals surface area contributed by atoms with E-state index in [1.165, 1.54) is 32.6 Å². The molecule has 3 saturated carbocycles. The molecule has 5 atom stereocenters. The first-order valence-electron chi connectivity index (χ1n) is 8.41. The number of hydrogen-bond donors (Lipinski definition) is 0. The highest BCUT2D eigenvalue weighted by Crippen LogP contribution is 2.71. The molecule has 3 nitrogen and oxygen atoms in total. The minimum atomic E-state index is -0.256. The van der Waals surface area contributed by atoms with Crippen molar-refractivity contribution in [3.63, 3.8) is 0 Å². The zero-order valence-corrected chi connectivity index (χ0v) is 14.2. The molecular weight excluding hydrogens is 264 g/mol. The second kappa shape index (κ2) is 4.71. The highest BCUT2D eigenvalue weighted by atomic mass is 16.6. The fourth-order valence-electron chi connectivity index (χ4n) is 5.56. The van der Waals surface area contributed by atoms with Gasteiger partial charge in [0.15, 0.2) is 0 Å². The van der Waals surface area contributed by atoms with Crippen LogP contribution in [0.1, 0.15) is 59.8 Å². The molecule has 3 fully saturated rings. The summed E-state index contributed by atoms with van der Waals surface area (Å²) >= 11 is 0. The molecule has 0 aliphatic heterocycles. The van der Waals surface area contributed by atoms with Crippen molar-refractivity contribution in [2.45, 2.75) is 65.4 Å². The van der Waals surface area contributed by atoms with Crippen molar-refractivity contribution in [3.05, 3.63) is 0 Å². The molecule has 0 N–H and O–H groups in total. The number of hydrogen-bond acceptors (Lipinski definition) is 3. The Balaban J connectivity index is 1.89. The van der Waals surface area contributed by atoms with Crippen LogP contribution < -0.4 is 0 Å². The van der Waals surface area contributed by atoms with Crippen molar-refractivity contribution in [3.8, 4) is 0 Å². The van der Waals surface area contributed by atoms with E-state index in [2.05, 4.69) is 20.8 Å². The molecule has 0 aromatic rings. The van der Waals surface area contributed by atoms with Crippen LogP contribution in [-0.2, 0) is 14.3 Å². The Hall–Kier alpha value is -0.570. The summed E-state index contributed by atoms with van der Waals surface area (Å²) < 4.78 is 11.4. The largest absolute Gasteiger partial charge is 0.463 e. The second-order valence-corrected chi connectivity index (χ2v) is 8.78. The highest BCUT2D eigenvalue weighted by molar-refractivity contribution is 5.66. The molecule has 0 amide bonds. The zero-order chi connectivity index (χ0) is 15.5. The monoisotopic (exact) mass is 294 g/mol. The lowest BCUT2D eigenvalue weighted by molar-refractivity contribution is -0.157. The van der Waals surface area contributed by atoms with Gasteiger partial charge in [0, 0.05) is 14.0 Å². The molecule has 0 aromatic carbocycles. The first-order valence-corrected chi connectivity index (χ1v) is 8.41. The second-order valence-electron chi connectivity index (χ2n) is 8.78. The Kier molecular flexibility index (Phi) is 3.44. The summed E-state index contributed by atoms with van der Waals surface area (Å²) in [6.45, 7) is 9.20. The number of methoxy groups -OCH3 is 1. The molecule has 3 aliphatic carbocycles. The van der Waals surface area contributed by atoms with Gasteiger partial charge in [0.1, 0.15) is 12.2 Å². The Labute approximate surface area is 128 Å². The summed E-state index contributed by atoms with van der Waals surface area (Å²) in [7, 11) is 1.80. The quantitative estimate of drug-likeness (QED) is 0.743. The van der Waals surface area contributed by atoms with E-state index in [9.17, 15) is 4.79 Å². The molecule has 0 spiro atoms. The normalized spacial score (nSPS) is 47.2. The van der Waals surface area contributed by atoms with Crippen LogP contribution in [0.3, 0.4) is 0 Å². The molecule has 3 aliphatic rings. The van der Waals surface area contributed by atoms with Crippen molar-refractivity contribution >= 4 is 5.97 Å². The van der Waals surface area contributed by atoms with Gasteiger partial charge in [0.05, 0.1) is 0 Å². The van der Waals surface area contributed by atoms with E-state index < -0.39 is 0 Å². The van der Waals surface area contributed by atoms with E-state index in [1.807, 2.05) is 0 Å². The smallest absolute Gasteiger partial charge is 0.302 e. The average Bonchev–Trinajstić information content (AvgIpc) is 2.89. The van der Waals surface area contributed by atoms with Crippen molar-refractivity contribution in [2.24, 2.45) is 28.6 Å². The molecule has 0 bridgehead atoms. The predicted octanol–water partition coefficient (Wildman–Crippen LogP) is 3.81. The fraction of sp³-hybridized carbons (Fsp3) is 0.944. The molecule has 0 saturated heterocycles. The minimum absolute atomic E-state index is 0.196. The van der Waals surface area contributed by atoms with Gasteiger partial charge in [-0.3, -0.25) is 4.79 Å². The molecule has 0 radical (unpaired) electrons. The lowest BCUT2D eigenvalue weighted by Crippen LogP contribution is -2.45. The van der Waals surface area contributed by atoms with Gasteiger partial charge in [-0.05, 0) is 60.7 Å². The molecule has 0 unspecified atom stereocenters. The van der Waals surface area contributed by atoms with Crippen LogP contribution in [-0.4, -0.2) is 25.3 Å². The Morgan fingerprint density at radius 2 is 1.86 bits per heavy atom. The van der Waals surface area contributed by atoms with Crippen LogP contribution in [0.5, 0.6) is 0 Å². The Bertz CT molecular complexity index is 444. The third-order valence-corrected chi connectivity index (χ3v) is 6.84. The van der Waals surface area contributed by atoms with Crippen molar-refractivity contribution in [1.29, 1.82) is 0 Å². The first kappa shape index (κ1) is 15.3. The lowest BCUT2D eigenvalue weighted by Gasteiger charge is -2.40. The lowest BCUT2D eigenvalue weighted by atomic mass is 9.72. The Morgan fingerprint density at radius 3 is 2.48 bits per heavy atom. The highest BCUT2D eigenvalue weighted by Gasteiger charge is 2.66. The number of rotatable bonds is 3. The summed E-state index contributed by atoms with van der Waals surface area (Å²) in [5.74, 6) is 1.95. The van der Waals surface area contributed by atoms with E-state index in [1.54, 1.807) is 7.11 Å². The number of carbonyl (C=O) groups is 1. The summed E-state index contributed by atoms with van der Waals surface area (Å²) in [6, 6.07) is 0. The molecule has 3 heteroatoms. The SMILES string of the molecule is CO[C@]1(COC(C)=O)CC[C@@H]2[C@@H]1CC(C)(C)C[C@H]1C[C@]12C. The average molecular weight is 294 g/mol. The van der Waals surface area contributed by atoms with Gasteiger partial charge in [-0.25, -0.2) is 0 Å². The van der Waals surface area contributed by atoms with Crippen LogP contribution in [0.2, 0.25) is 0 Å². The molecular formula is C18H30O3. The number of esters is 1. The molecule has 3 rings (SSSR count). The topological polar surface area (TPSA) is 35.5 Å². The fourth-order valence-corrected chi connectivity index (χ4v) is 5.56. The predicted molar refractivity (Wildman–Crippen MR) is 81.8 cm³/mol. The molecule has 120 valence electrons. The van der Waals surface area contributed by atoms with Crippen LogP contribution in [0, 0.1) is 28.6 Å². The number of carbonyl (C=O) groups excluding carboxylic acids is 1. The van der Waals surface area contributed by atoms with Gasteiger partial charge in [-0.15, -0.1) is 0 Å². The summed E-state index contributed by atoms with van der Waals surface area (Å²) in [5, 5.41) is 0. The van der Waals surface area contributed by atoms with E-state index >= 15 is 0 Å². The van der Waals surface area contributed by atoms with Crippen LogP contribution in [0.4, 0.5) is 0 Å². The first-order chi connectivity index (χ1) is 9.72. The van der Waals surface area contributed by atoms with Crippen LogP contribution >= 0.6 is 0 Å². The van der Waals surface area contributed by atoms with Gasteiger partial charge in [-0.1, -0.05) is 20.8 Å². The third-order valence-electron chi connectivity index (χ3n) is 6.84. The maximum absolute atomic E-state index is 11.3. The standard InChI is InChI=1S/C18H30O3/c1-12(19)21-11-18(20-5)7-6-14-15(18)10-16(2,3)8-13-9-17(13,14)4/h13-15H,6-11H2,1-5H3/t13-,14+,15-,17+,18-/m0/s1. The zero-order valence-electron chi connectivity index (χ0n) is 14.2. The number of ether oxygens (including phenoxy) is 2. The van der Waals surface area contributed by atoms with Crippen molar-refractivity contribution < 1.29 is 14.3 Å². The Morgan fingerprint density at radius 1 is 1.14 bits per heavy atom. The van der Waals surface area contributed by atoms with Crippen LogP contribution in [0.15, 0.2) is 0 Å². The van der Waals surface area contributed by atoms with Crippen LogP contribution in [0.25, 0.3) is 0 Å². The van der Waals surface area contributed by atoms with E-state index in [0.29, 0.717) is 23.4 Å². The number of fused-ring (bicyclic) bond motifs is 3. The van der Waals surface area contributed by atoms with Gasteiger partial charge in [-0.2, -0.15) is 0 Å². The van der Waals surface area contributed by atoms with Gasteiger partial charge < -0.3 is 9.47 Å². The van der Waals surface area contributed by atoms with Gasteiger partial charge in [0.2, 0.25) is 0 Å². The maximum atomic E-state index is 11.3. The summed E-state index contributed by atoms with van der Waals surface area (Å²) in [4.78, 5) is 11.3. The molecule has 0 heterocycles. The summed E-state index contributed by atoms with van der Waals surface area (Å²) in [6.07, 6.45) is 6.17. The maximum Gasteiger partial charge on any atom is 0.302 e. The van der Waals surface area contributed by atoms with Gasteiger partial charge >= 0.3 is 5.97 Å². The van der Waals surface area contributed by atoms with E-state index in [0.717, 1.165) is 18.3 Å². The van der Waals surface area contributed by atoms with E-state index in [4.69, 9.17) is 9.47 Å². The summed E-state index contributed by atoms with van der Waals surface area (Å²) in [5.41, 5.74) is 0.620. The van der Waals surface area contributed by atoms with E-state index in [-0.39, 0.29) is 11.6 Å². The van der Waals surface area contributed by atoms with Crippen molar-refractivity contribution in [1.82, 2.24) is 0 Å². The third kappa shape index (κ3) is 2.42. The van der Waals surface area contributed by atoms with Gasteiger partial charge in [0.25, 0.3) is 0 Å². The molecule has 21 heavy (non-hydrogen) atoms. The molecule has 0 aromatic heterocycles.